The maximum absolute atomic E-state index is 13.0. The molecule has 128 valence electrons. The summed E-state index contributed by atoms with van der Waals surface area (Å²) in [5.74, 6) is 0.675. The van der Waals surface area contributed by atoms with E-state index in [0.717, 1.165) is 17.7 Å². The molecule has 0 saturated carbocycles. The molecule has 1 aromatic carbocycles. The van der Waals surface area contributed by atoms with Crippen molar-refractivity contribution in [3.63, 3.8) is 0 Å². The molecule has 5 nitrogen and oxygen atoms in total. The molecule has 1 saturated heterocycles. The second-order valence-corrected chi connectivity index (χ2v) is 6.97. The van der Waals surface area contributed by atoms with Crippen LogP contribution < -0.4 is 0 Å². The van der Waals surface area contributed by atoms with E-state index >= 15 is 0 Å². The fourth-order valence-electron chi connectivity index (χ4n) is 3.04. The lowest BCUT2D eigenvalue weighted by molar-refractivity contribution is 0.0698. The molecule has 7 heteroatoms. The number of aromatic nitrogens is 2. The lowest BCUT2D eigenvalue weighted by Crippen LogP contribution is -2.39. The summed E-state index contributed by atoms with van der Waals surface area (Å²) >= 11 is 1.55. The Morgan fingerprint density at radius 2 is 2.08 bits per heavy atom. The lowest BCUT2D eigenvalue weighted by Gasteiger charge is -2.31. The van der Waals surface area contributed by atoms with Gasteiger partial charge in [0.1, 0.15) is 5.82 Å². The van der Waals surface area contributed by atoms with Crippen LogP contribution in [0.2, 0.25) is 0 Å². The highest BCUT2D eigenvalue weighted by Gasteiger charge is 2.29. The summed E-state index contributed by atoms with van der Waals surface area (Å²) in [6.07, 6.45) is 1.77. The van der Waals surface area contributed by atoms with Crippen molar-refractivity contribution in [2.45, 2.75) is 18.8 Å². The molecule has 3 aromatic rings. The Morgan fingerprint density at radius 1 is 1.24 bits per heavy atom. The van der Waals surface area contributed by atoms with Gasteiger partial charge < -0.3 is 9.32 Å². The number of likely N-dealkylation sites (tertiary alicyclic amines) is 1. The first-order chi connectivity index (χ1) is 12.2. The summed E-state index contributed by atoms with van der Waals surface area (Å²) in [4.78, 5) is 15.3. The van der Waals surface area contributed by atoms with E-state index in [4.69, 9.17) is 4.42 Å². The molecule has 0 radical (unpaired) electrons. The van der Waals surface area contributed by atoms with Gasteiger partial charge in [0.2, 0.25) is 5.89 Å². The molecule has 1 aliphatic rings. The summed E-state index contributed by atoms with van der Waals surface area (Å²) in [5.41, 5.74) is 0.492. The molecule has 25 heavy (non-hydrogen) atoms. The Bertz CT molecular complexity index is 861. The molecule has 1 fully saturated rings. The van der Waals surface area contributed by atoms with Gasteiger partial charge in [0, 0.05) is 18.7 Å². The number of nitrogens with zero attached hydrogens (tertiary/aromatic N) is 3. The number of amides is 1. The minimum absolute atomic E-state index is 0.0272. The quantitative estimate of drug-likeness (QED) is 0.712. The average Bonchev–Trinajstić information content (AvgIpc) is 3.33. The van der Waals surface area contributed by atoms with E-state index in [9.17, 15) is 9.18 Å². The molecule has 2 aromatic heterocycles. The first-order valence-electron chi connectivity index (χ1n) is 8.13. The summed E-state index contributed by atoms with van der Waals surface area (Å²) in [5, 5.41) is 10.3. The number of piperidine rings is 1. The average molecular weight is 357 g/mol. The van der Waals surface area contributed by atoms with E-state index < -0.39 is 0 Å². The van der Waals surface area contributed by atoms with Crippen molar-refractivity contribution >= 4 is 17.2 Å². The highest BCUT2D eigenvalue weighted by molar-refractivity contribution is 7.13. The normalized spacial score (nSPS) is 17.6. The van der Waals surface area contributed by atoms with Crippen molar-refractivity contribution in [1.82, 2.24) is 15.1 Å². The van der Waals surface area contributed by atoms with Gasteiger partial charge in [-0.25, -0.2) is 4.39 Å². The zero-order valence-corrected chi connectivity index (χ0v) is 14.2. The van der Waals surface area contributed by atoms with Gasteiger partial charge in [-0.2, -0.15) is 0 Å². The lowest BCUT2D eigenvalue weighted by atomic mass is 9.97. The van der Waals surface area contributed by atoms with Crippen LogP contribution in [-0.2, 0) is 0 Å². The zero-order chi connectivity index (χ0) is 17.2. The number of rotatable bonds is 3. The van der Waals surface area contributed by atoms with Crippen molar-refractivity contribution in [2.24, 2.45) is 0 Å². The predicted molar refractivity (Wildman–Crippen MR) is 91.9 cm³/mol. The maximum Gasteiger partial charge on any atom is 0.257 e. The van der Waals surface area contributed by atoms with E-state index in [2.05, 4.69) is 10.2 Å². The molecule has 3 heterocycles. The van der Waals surface area contributed by atoms with Gasteiger partial charge >= 0.3 is 0 Å². The minimum Gasteiger partial charge on any atom is -0.420 e. The molecular formula is C18H16FN3O2S. The summed E-state index contributed by atoms with van der Waals surface area (Å²) in [6, 6.07) is 9.52. The Labute approximate surface area is 148 Å². The predicted octanol–water partition coefficient (Wildman–Crippen LogP) is 3.96. The van der Waals surface area contributed by atoms with Gasteiger partial charge in [-0.15, -0.1) is 21.5 Å². The van der Waals surface area contributed by atoms with E-state index in [1.807, 2.05) is 17.5 Å². The van der Waals surface area contributed by atoms with Crippen molar-refractivity contribution in [2.75, 3.05) is 13.1 Å². The van der Waals surface area contributed by atoms with Crippen LogP contribution in [0.3, 0.4) is 0 Å². The third-order valence-corrected chi connectivity index (χ3v) is 5.18. The van der Waals surface area contributed by atoms with Gasteiger partial charge in [-0.05, 0) is 48.6 Å². The third-order valence-electron chi connectivity index (χ3n) is 4.32. The van der Waals surface area contributed by atoms with Crippen molar-refractivity contribution in [3.05, 3.63) is 59.0 Å². The molecule has 0 N–H and O–H groups in total. The van der Waals surface area contributed by atoms with Crippen LogP contribution >= 0.6 is 11.3 Å². The summed E-state index contributed by atoms with van der Waals surface area (Å²) in [7, 11) is 0. The highest BCUT2D eigenvalue weighted by atomic mass is 32.1. The number of carbonyl (C=O) groups excluding carboxylic acids is 1. The fourth-order valence-corrected chi connectivity index (χ4v) is 3.68. The summed E-state index contributed by atoms with van der Waals surface area (Å²) in [6.45, 7) is 1.21. The largest absolute Gasteiger partial charge is 0.420 e. The van der Waals surface area contributed by atoms with E-state index in [-0.39, 0.29) is 17.6 Å². The second kappa shape index (κ2) is 6.76. The molecule has 0 aliphatic carbocycles. The fraction of sp³-hybridized carbons (Fsp3) is 0.278. The van der Waals surface area contributed by atoms with Crippen molar-refractivity contribution < 1.29 is 13.6 Å². The smallest absolute Gasteiger partial charge is 0.257 e. The molecular weight excluding hydrogens is 341 g/mol. The van der Waals surface area contributed by atoms with Gasteiger partial charge in [-0.1, -0.05) is 6.07 Å². The van der Waals surface area contributed by atoms with Crippen LogP contribution in [0.1, 0.15) is 35.0 Å². The SMILES string of the molecule is O=C(c1ccc(F)cc1)N1CCC[C@H](c2nnc(-c3cccs3)o2)C1. The molecule has 0 unspecified atom stereocenters. The number of halogens is 1. The zero-order valence-electron chi connectivity index (χ0n) is 13.4. The molecule has 1 amide bonds. The molecule has 1 aliphatic heterocycles. The van der Waals surface area contributed by atoms with Crippen molar-refractivity contribution in [3.8, 4) is 10.8 Å². The topological polar surface area (TPSA) is 59.2 Å². The van der Waals surface area contributed by atoms with Gasteiger partial charge in [0.05, 0.1) is 10.8 Å². The number of carbonyl (C=O) groups is 1. The molecule has 4 rings (SSSR count). The third kappa shape index (κ3) is 3.32. The Morgan fingerprint density at radius 3 is 2.84 bits per heavy atom. The van der Waals surface area contributed by atoms with Crippen LogP contribution in [-0.4, -0.2) is 34.1 Å². The number of hydrogen-bond donors (Lipinski definition) is 0. The van der Waals surface area contributed by atoms with Gasteiger partial charge in [0.25, 0.3) is 11.8 Å². The Kier molecular flexibility index (Phi) is 4.31. The van der Waals surface area contributed by atoms with E-state index in [1.165, 1.54) is 24.3 Å². The van der Waals surface area contributed by atoms with Crippen LogP contribution in [0.5, 0.6) is 0 Å². The van der Waals surface area contributed by atoms with Crippen LogP contribution in [0, 0.1) is 5.82 Å². The van der Waals surface area contributed by atoms with Gasteiger partial charge in [-0.3, -0.25) is 4.79 Å². The highest BCUT2D eigenvalue weighted by Crippen LogP contribution is 2.30. The maximum atomic E-state index is 13.0. The Hall–Kier alpha value is -2.54. The number of benzene rings is 1. The molecule has 0 bridgehead atoms. The second-order valence-electron chi connectivity index (χ2n) is 6.02. The van der Waals surface area contributed by atoms with Gasteiger partial charge in [0.15, 0.2) is 0 Å². The first-order valence-corrected chi connectivity index (χ1v) is 9.01. The minimum atomic E-state index is -0.347. The Balaban J connectivity index is 1.49. The molecule has 0 spiro atoms. The molecule has 1 atom stereocenters. The van der Waals surface area contributed by atoms with E-state index in [0.29, 0.717) is 30.4 Å². The summed E-state index contributed by atoms with van der Waals surface area (Å²) < 4.78 is 18.9. The van der Waals surface area contributed by atoms with Crippen LogP contribution in [0.4, 0.5) is 4.39 Å². The number of hydrogen-bond acceptors (Lipinski definition) is 5. The number of thiophene rings is 1. The van der Waals surface area contributed by atoms with Crippen LogP contribution in [0.15, 0.2) is 46.2 Å². The van der Waals surface area contributed by atoms with Crippen LogP contribution in [0.25, 0.3) is 10.8 Å². The standard InChI is InChI=1S/C18H16FN3O2S/c19-14-7-5-12(6-8-14)18(23)22-9-1-3-13(11-22)16-20-21-17(24-16)15-4-2-10-25-15/h2,4-8,10,13H,1,3,9,11H2/t13-/m0/s1. The monoisotopic (exact) mass is 357 g/mol. The van der Waals surface area contributed by atoms with E-state index in [1.54, 1.807) is 16.2 Å². The van der Waals surface area contributed by atoms with Crippen molar-refractivity contribution in [1.29, 1.82) is 0 Å². The first kappa shape index (κ1) is 16.0.